The Labute approximate surface area is 196 Å². The monoisotopic (exact) mass is 463 g/mol. The Hall–Kier alpha value is -3.26. The smallest absolute Gasteiger partial charge is 0.283 e. The number of carbonyl (C=O) groups excluding carboxylic acids is 2. The quantitative estimate of drug-likeness (QED) is 0.671. The number of benzene rings is 2. The van der Waals surface area contributed by atoms with Crippen molar-refractivity contribution in [2.24, 2.45) is 4.99 Å². The van der Waals surface area contributed by atoms with E-state index in [9.17, 15) is 9.59 Å². The number of carbonyl (C=O) groups is 2. The maximum absolute atomic E-state index is 13.3. The van der Waals surface area contributed by atoms with E-state index in [1.807, 2.05) is 49.4 Å². The van der Waals surface area contributed by atoms with Crippen molar-refractivity contribution < 1.29 is 19.1 Å². The Morgan fingerprint density at radius 2 is 1.91 bits per heavy atom. The van der Waals surface area contributed by atoms with Gasteiger partial charge in [0.15, 0.2) is 16.7 Å². The van der Waals surface area contributed by atoms with E-state index in [0.29, 0.717) is 22.4 Å². The third-order valence-corrected chi connectivity index (χ3v) is 6.81. The minimum atomic E-state index is -0.227. The molecule has 0 unspecified atom stereocenters. The summed E-state index contributed by atoms with van der Waals surface area (Å²) >= 11 is 1.28. The molecule has 170 valence electrons. The first kappa shape index (κ1) is 21.6. The number of nitrogens with one attached hydrogen (secondary N) is 1. The summed E-state index contributed by atoms with van der Waals surface area (Å²) in [7, 11) is 0. The molecular weight excluding hydrogens is 438 g/mol. The summed E-state index contributed by atoms with van der Waals surface area (Å²) in [6.07, 6.45) is 6.13. The summed E-state index contributed by atoms with van der Waals surface area (Å²) in [4.78, 5) is 32.0. The fourth-order valence-electron chi connectivity index (χ4n) is 4.15. The van der Waals surface area contributed by atoms with Gasteiger partial charge in [-0.05, 0) is 55.7 Å². The zero-order valence-electron chi connectivity index (χ0n) is 18.4. The van der Waals surface area contributed by atoms with Gasteiger partial charge in [-0.25, -0.2) is 4.99 Å². The molecule has 0 atom stereocenters. The van der Waals surface area contributed by atoms with Crippen molar-refractivity contribution in [3.05, 3.63) is 59.3 Å². The first-order valence-electron chi connectivity index (χ1n) is 11.1. The van der Waals surface area contributed by atoms with Gasteiger partial charge in [0.2, 0.25) is 12.7 Å². The lowest BCUT2D eigenvalue weighted by Crippen LogP contribution is -2.35. The topological polar surface area (TPSA) is 80.2 Å². The molecule has 1 N–H and O–H groups in total. The fourth-order valence-corrected chi connectivity index (χ4v) is 4.97. The van der Waals surface area contributed by atoms with Crippen molar-refractivity contribution in [1.82, 2.24) is 5.32 Å². The van der Waals surface area contributed by atoms with Crippen LogP contribution in [0.5, 0.6) is 11.5 Å². The molecule has 0 spiro atoms. The Morgan fingerprint density at radius 3 is 2.70 bits per heavy atom. The molecule has 0 bridgehead atoms. The number of amidine groups is 1. The highest BCUT2D eigenvalue weighted by atomic mass is 32.2. The van der Waals surface area contributed by atoms with Gasteiger partial charge in [-0.3, -0.25) is 14.5 Å². The van der Waals surface area contributed by atoms with E-state index in [0.717, 1.165) is 42.5 Å². The number of anilines is 1. The summed E-state index contributed by atoms with van der Waals surface area (Å²) in [5.74, 6) is 1.29. The molecule has 1 fully saturated rings. The molecule has 2 aromatic rings. The van der Waals surface area contributed by atoms with Gasteiger partial charge < -0.3 is 14.8 Å². The van der Waals surface area contributed by atoms with E-state index in [-0.39, 0.29) is 30.4 Å². The Balaban J connectivity index is 1.38. The minimum Gasteiger partial charge on any atom is -0.454 e. The number of aliphatic imine (C=N–C) groups is 1. The number of ether oxygens (including phenoxy) is 2. The summed E-state index contributed by atoms with van der Waals surface area (Å²) in [6, 6.07) is 13.5. The number of hydrogen-bond donors (Lipinski definition) is 1. The van der Waals surface area contributed by atoms with Gasteiger partial charge in [0.25, 0.3) is 5.91 Å². The van der Waals surface area contributed by atoms with Gasteiger partial charge in [-0.15, -0.1) is 0 Å². The molecule has 2 amide bonds. The number of rotatable bonds is 5. The highest BCUT2D eigenvalue weighted by Gasteiger charge is 2.32. The van der Waals surface area contributed by atoms with E-state index in [1.165, 1.54) is 11.8 Å². The maximum Gasteiger partial charge on any atom is 0.283 e. The summed E-state index contributed by atoms with van der Waals surface area (Å²) < 4.78 is 10.8. The number of fused-ring (bicyclic) bond motifs is 1. The Bertz CT molecular complexity index is 1140. The zero-order chi connectivity index (χ0) is 22.8. The van der Waals surface area contributed by atoms with Gasteiger partial charge in [-0.1, -0.05) is 48.4 Å². The van der Waals surface area contributed by atoms with Crippen molar-refractivity contribution in [2.45, 2.75) is 38.6 Å². The Kier molecular flexibility index (Phi) is 6.09. The third kappa shape index (κ3) is 4.75. The van der Waals surface area contributed by atoms with Crippen molar-refractivity contribution >= 4 is 40.5 Å². The zero-order valence-corrected chi connectivity index (χ0v) is 19.2. The first-order valence-corrected chi connectivity index (χ1v) is 12.1. The molecule has 2 aliphatic heterocycles. The van der Waals surface area contributed by atoms with Gasteiger partial charge in [0.1, 0.15) is 5.70 Å². The van der Waals surface area contributed by atoms with Crippen LogP contribution in [0.2, 0.25) is 0 Å². The molecule has 1 saturated carbocycles. The number of amides is 2. The van der Waals surface area contributed by atoms with E-state index in [4.69, 9.17) is 9.47 Å². The molecule has 7 nitrogen and oxygen atoms in total. The van der Waals surface area contributed by atoms with Crippen molar-refractivity contribution in [3.8, 4) is 11.5 Å². The van der Waals surface area contributed by atoms with Crippen LogP contribution in [0.4, 0.5) is 5.69 Å². The number of aryl methyl sites for hydroxylation is 1. The fraction of sp³-hybridized carbons (Fsp3) is 0.320. The molecular formula is C25H25N3O4S. The first-order chi connectivity index (χ1) is 16.1. The van der Waals surface area contributed by atoms with E-state index >= 15 is 0 Å². The van der Waals surface area contributed by atoms with Crippen LogP contribution in [0.15, 0.2) is 53.2 Å². The molecule has 3 aliphatic rings. The van der Waals surface area contributed by atoms with Crippen molar-refractivity contribution in [3.63, 3.8) is 0 Å². The molecule has 8 heteroatoms. The highest BCUT2D eigenvalue weighted by Crippen LogP contribution is 2.34. The van der Waals surface area contributed by atoms with Crippen LogP contribution >= 0.6 is 11.8 Å². The SMILES string of the molecule is Cc1ccc(N2C(=O)/C(=C\c3ccc4c(c3)OCO4)N=C2SCC(=O)NC2CCCC2)cc1. The molecule has 1 aliphatic carbocycles. The second-order valence-electron chi connectivity index (χ2n) is 8.35. The summed E-state index contributed by atoms with van der Waals surface area (Å²) in [5, 5.41) is 3.59. The number of hydrogen-bond acceptors (Lipinski definition) is 6. The second-order valence-corrected chi connectivity index (χ2v) is 9.29. The van der Waals surface area contributed by atoms with Crippen LogP contribution in [0.3, 0.4) is 0 Å². The van der Waals surface area contributed by atoms with E-state index in [1.54, 1.807) is 11.0 Å². The Morgan fingerprint density at radius 1 is 1.15 bits per heavy atom. The van der Waals surface area contributed by atoms with Crippen LogP contribution < -0.4 is 19.7 Å². The predicted octanol–water partition coefficient (Wildman–Crippen LogP) is 4.26. The standard InChI is InChI=1S/C25H25N3O4S/c1-16-6-9-19(10-7-16)28-24(30)20(12-17-8-11-21-22(13-17)32-15-31-21)27-25(28)33-14-23(29)26-18-4-2-3-5-18/h6-13,18H,2-5,14-15H2,1H3,(H,26,29)/b20-12+. The normalized spacial score (nSPS) is 18.8. The van der Waals surface area contributed by atoms with Crippen molar-refractivity contribution in [2.75, 3.05) is 17.4 Å². The van der Waals surface area contributed by atoms with Gasteiger partial charge >= 0.3 is 0 Å². The van der Waals surface area contributed by atoms with Crippen LogP contribution in [-0.2, 0) is 9.59 Å². The molecule has 0 aromatic heterocycles. The molecule has 5 rings (SSSR count). The molecule has 0 radical (unpaired) electrons. The van der Waals surface area contributed by atoms with E-state index < -0.39 is 0 Å². The average Bonchev–Trinajstić information content (AvgIpc) is 3.55. The minimum absolute atomic E-state index is 0.0286. The van der Waals surface area contributed by atoms with Crippen LogP contribution in [-0.4, -0.2) is 35.6 Å². The highest BCUT2D eigenvalue weighted by molar-refractivity contribution is 8.14. The van der Waals surface area contributed by atoms with Gasteiger partial charge in [0.05, 0.1) is 11.4 Å². The third-order valence-electron chi connectivity index (χ3n) is 5.87. The molecule has 33 heavy (non-hydrogen) atoms. The van der Waals surface area contributed by atoms with Crippen LogP contribution in [0.1, 0.15) is 36.8 Å². The molecule has 2 aromatic carbocycles. The van der Waals surface area contributed by atoms with Crippen LogP contribution in [0.25, 0.3) is 6.08 Å². The summed E-state index contributed by atoms with van der Waals surface area (Å²) in [6.45, 7) is 2.19. The average molecular weight is 464 g/mol. The largest absolute Gasteiger partial charge is 0.454 e. The van der Waals surface area contributed by atoms with Crippen molar-refractivity contribution in [1.29, 1.82) is 0 Å². The number of thioether (sulfide) groups is 1. The second kappa shape index (κ2) is 9.31. The summed E-state index contributed by atoms with van der Waals surface area (Å²) in [5.41, 5.74) is 2.93. The number of nitrogens with zero attached hydrogens (tertiary/aromatic N) is 2. The lowest BCUT2D eigenvalue weighted by atomic mass is 10.1. The van der Waals surface area contributed by atoms with E-state index in [2.05, 4.69) is 10.3 Å². The predicted molar refractivity (Wildman–Crippen MR) is 129 cm³/mol. The lowest BCUT2D eigenvalue weighted by molar-refractivity contribution is -0.119. The molecule has 0 saturated heterocycles. The van der Waals surface area contributed by atoms with Gasteiger partial charge in [-0.2, -0.15) is 0 Å². The molecule has 2 heterocycles. The maximum atomic E-state index is 13.3. The van der Waals surface area contributed by atoms with Gasteiger partial charge in [0, 0.05) is 6.04 Å². The lowest BCUT2D eigenvalue weighted by Gasteiger charge is -2.18. The van der Waals surface area contributed by atoms with Crippen LogP contribution in [0, 0.1) is 6.92 Å².